The molecule has 1 aromatic rings. The number of pyridine rings is 1. The number of ether oxygens (including phenoxy) is 2. The summed E-state index contributed by atoms with van der Waals surface area (Å²) in [5, 5.41) is 12.2. The fourth-order valence-electron chi connectivity index (χ4n) is 2.86. The third-order valence-electron chi connectivity index (χ3n) is 4.31. The minimum Gasteiger partial charge on any atom is -0.476 e. The van der Waals surface area contributed by atoms with E-state index in [9.17, 15) is 9.90 Å². The Kier molecular flexibility index (Phi) is 6.18. The summed E-state index contributed by atoms with van der Waals surface area (Å²) >= 11 is 0. The first-order chi connectivity index (χ1) is 11.1. The number of carbonyl (C=O) groups excluding carboxylic acids is 1. The zero-order valence-electron chi connectivity index (χ0n) is 13.7. The number of hydrogen-bond acceptors (Lipinski definition) is 5. The van der Waals surface area contributed by atoms with Crippen molar-refractivity contribution >= 4 is 11.7 Å². The summed E-state index contributed by atoms with van der Waals surface area (Å²) in [5.74, 6) is 0.403. The zero-order valence-corrected chi connectivity index (χ0v) is 13.7. The number of rotatable bonds is 6. The first kappa shape index (κ1) is 17.5. The number of aliphatic hydroxyl groups is 1. The van der Waals surface area contributed by atoms with E-state index in [0.29, 0.717) is 50.7 Å². The number of hydrogen-bond donors (Lipinski definition) is 2. The van der Waals surface area contributed by atoms with Crippen LogP contribution in [0.4, 0.5) is 10.5 Å². The Labute approximate surface area is 136 Å². The SMILES string of the molecule is CCOc1ncccc1NC(=O)N(C)C1(CCO)CCOCC1. The number of amides is 2. The lowest BCUT2D eigenvalue weighted by Crippen LogP contribution is -2.54. The van der Waals surface area contributed by atoms with Gasteiger partial charge in [0.1, 0.15) is 5.69 Å². The van der Waals surface area contributed by atoms with Gasteiger partial charge >= 0.3 is 6.03 Å². The van der Waals surface area contributed by atoms with Gasteiger partial charge in [-0.25, -0.2) is 9.78 Å². The molecule has 128 valence electrons. The van der Waals surface area contributed by atoms with Gasteiger partial charge in [-0.1, -0.05) is 0 Å². The lowest BCUT2D eigenvalue weighted by molar-refractivity contribution is -0.0109. The van der Waals surface area contributed by atoms with Crippen LogP contribution in [0.25, 0.3) is 0 Å². The molecule has 0 aromatic carbocycles. The largest absolute Gasteiger partial charge is 0.476 e. The van der Waals surface area contributed by atoms with Crippen LogP contribution >= 0.6 is 0 Å². The fraction of sp³-hybridized carbons (Fsp3) is 0.625. The molecule has 1 aromatic heterocycles. The summed E-state index contributed by atoms with van der Waals surface area (Å²) in [5.41, 5.74) is 0.155. The number of urea groups is 1. The molecule has 0 aliphatic carbocycles. The number of aliphatic hydroxyl groups excluding tert-OH is 1. The van der Waals surface area contributed by atoms with Crippen LogP contribution in [0.1, 0.15) is 26.2 Å². The Balaban J connectivity index is 2.12. The smallest absolute Gasteiger partial charge is 0.322 e. The number of carbonyl (C=O) groups is 1. The Morgan fingerprint density at radius 2 is 2.26 bits per heavy atom. The van der Waals surface area contributed by atoms with E-state index >= 15 is 0 Å². The normalized spacial score (nSPS) is 16.7. The van der Waals surface area contributed by atoms with E-state index in [0.717, 1.165) is 0 Å². The number of nitrogens with zero attached hydrogens (tertiary/aromatic N) is 2. The Bertz CT molecular complexity index is 512. The summed E-state index contributed by atoms with van der Waals surface area (Å²) in [6.45, 7) is 3.56. The van der Waals surface area contributed by atoms with Crippen LogP contribution in [0.15, 0.2) is 18.3 Å². The maximum atomic E-state index is 12.7. The highest BCUT2D eigenvalue weighted by molar-refractivity contribution is 5.90. The standard InChI is InChI=1S/C16H25N3O4/c1-3-23-14-13(5-4-9-17-14)18-15(21)19(2)16(6-10-20)7-11-22-12-8-16/h4-5,9,20H,3,6-8,10-12H2,1-2H3,(H,18,21). The summed E-state index contributed by atoms with van der Waals surface area (Å²) in [6.07, 6.45) is 3.58. The van der Waals surface area contributed by atoms with Gasteiger partial charge in [0.05, 0.1) is 12.1 Å². The molecule has 1 saturated heterocycles. The molecule has 0 spiro atoms. The van der Waals surface area contributed by atoms with Gasteiger partial charge in [0.15, 0.2) is 0 Å². The van der Waals surface area contributed by atoms with E-state index in [2.05, 4.69) is 10.3 Å². The van der Waals surface area contributed by atoms with Gasteiger partial charge in [-0.2, -0.15) is 0 Å². The second-order valence-corrected chi connectivity index (χ2v) is 5.59. The van der Waals surface area contributed by atoms with E-state index in [4.69, 9.17) is 9.47 Å². The molecule has 23 heavy (non-hydrogen) atoms. The lowest BCUT2D eigenvalue weighted by atomic mass is 9.85. The molecule has 2 rings (SSSR count). The van der Waals surface area contributed by atoms with Crippen LogP contribution in [0.3, 0.4) is 0 Å². The van der Waals surface area contributed by atoms with Gasteiger partial charge in [0.25, 0.3) is 0 Å². The van der Waals surface area contributed by atoms with Crippen molar-refractivity contribution in [3.05, 3.63) is 18.3 Å². The fourth-order valence-corrected chi connectivity index (χ4v) is 2.86. The average Bonchev–Trinajstić information content (AvgIpc) is 2.57. The second kappa shape index (κ2) is 8.12. The van der Waals surface area contributed by atoms with Gasteiger partial charge in [-0.05, 0) is 38.3 Å². The minimum absolute atomic E-state index is 0.0364. The van der Waals surface area contributed by atoms with Crippen molar-refractivity contribution in [1.29, 1.82) is 0 Å². The molecule has 0 radical (unpaired) electrons. The van der Waals surface area contributed by atoms with Crippen molar-refractivity contribution in [1.82, 2.24) is 9.88 Å². The first-order valence-corrected chi connectivity index (χ1v) is 7.94. The highest BCUT2D eigenvalue weighted by atomic mass is 16.5. The molecule has 2 N–H and O–H groups in total. The Hall–Kier alpha value is -1.86. The number of anilines is 1. The van der Waals surface area contributed by atoms with Gasteiger partial charge in [0.2, 0.25) is 5.88 Å². The minimum atomic E-state index is -0.384. The third-order valence-corrected chi connectivity index (χ3v) is 4.31. The van der Waals surface area contributed by atoms with Crippen LogP contribution in [0, 0.1) is 0 Å². The molecule has 0 unspecified atom stereocenters. The molecule has 0 bridgehead atoms. The Morgan fingerprint density at radius 3 is 2.91 bits per heavy atom. The Morgan fingerprint density at radius 1 is 1.52 bits per heavy atom. The molecule has 1 aliphatic rings. The first-order valence-electron chi connectivity index (χ1n) is 7.94. The van der Waals surface area contributed by atoms with E-state index in [1.807, 2.05) is 6.92 Å². The predicted octanol–water partition coefficient (Wildman–Crippen LogP) is 1.88. The lowest BCUT2D eigenvalue weighted by Gasteiger charge is -2.44. The molecule has 2 heterocycles. The zero-order chi connectivity index (χ0) is 16.7. The maximum Gasteiger partial charge on any atom is 0.322 e. The molecule has 1 aliphatic heterocycles. The molecular formula is C16H25N3O4. The molecule has 7 nitrogen and oxygen atoms in total. The second-order valence-electron chi connectivity index (χ2n) is 5.59. The number of nitrogens with one attached hydrogen (secondary N) is 1. The van der Waals surface area contributed by atoms with Crippen molar-refractivity contribution in [2.45, 2.75) is 31.7 Å². The quantitative estimate of drug-likeness (QED) is 0.835. The van der Waals surface area contributed by atoms with Gasteiger partial charge in [0, 0.05) is 33.1 Å². The predicted molar refractivity (Wildman–Crippen MR) is 86.7 cm³/mol. The van der Waals surface area contributed by atoms with E-state index in [-0.39, 0.29) is 18.2 Å². The van der Waals surface area contributed by atoms with Crippen molar-refractivity contribution in [3.8, 4) is 5.88 Å². The highest BCUT2D eigenvalue weighted by Crippen LogP contribution is 2.31. The molecule has 7 heteroatoms. The van der Waals surface area contributed by atoms with E-state index in [1.54, 1.807) is 30.3 Å². The van der Waals surface area contributed by atoms with Crippen LogP contribution < -0.4 is 10.1 Å². The van der Waals surface area contributed by atoms with Crippen LogP contribution in [0.2, 0.25) is 0 Å². The summed E-state index contributed by atoms with van der Waals surface area (Å²) in [6, 6.07) is 3.26. The monoisotopic (exact) mass is 323 g/mol. The van der Waals surface area contributed by atoms with Crippen molar-refractivity contribution in [3.63, 3.8) is 0 Å². The number of aromatic nitrogens is 1. The van der Waals surface area contributed by atoms with Gasteiger partial charge in [-0.3, -0.25) is 0 Å². The molecule has 1 fully saturated rings. The van der Waals surface area contributed by atoms with Crippen molar-refractivity contribution in [2.24, 2.45) is 0 Å². The molecule has 0 saturated carbocycles. The van der Waals surface area contributed by atoms with Crippen LogP contribution in [-0.4, -0.2) is 60.0 Å². The van der Waals surface area contributed by atoms with E-state index < -0.39 is 0 Å². The van der Waals surface area contributed by atoms with Crippen LogP contribution in [0.5, 0.6) is 5.88 Å². The molecule has 0 atom stereocenters. The molecule has 2 amide bonds. The topological polar surface area (TPSA) is 83.9 Å². The molecular weight excluding hydrogens is 298 g/mol. The average molecular weight is 323 g/mol. The van der Waals surface area contributed by atoms with Crippen molar-refractivity contribution < 1.29 is 19.4 Å². The van der Waals surface area contributed by atoms with E-state index in [1.165, 1.54) is 0 Å². The van der Waals surface area contributed by atoms with Gasteiger partial charge < -0.3 is 24.8 Å². The summed E-state index contributed by atoms with van der Waals surface area (Å²) in [4.78, 5) is 18.5. The third kappa shape index (κ3) is 4.11. The maximum absolute atomic E-state index is 12.7. The summed E-state index contributed by atoms with van der Waals surface area (Å²) < 4.78 is 10.8. The van der Waals surface area contributed by atoms with Gasteiger partial charge in [-0.15, -0.1) is 0 Å². The van der Waals surface area contributed by atoms with Crippen LogP contribution in [-0.2, 0) is 4.74 Å². The van der Waals surface area contributed by atoms with Crippen molar-refractivity contribution in [2.75, 3.05) is 38.8 Å². The highest BCUT2D eigenvalue weighted by Gasteiger charge is 2.38. The summed E-state index contributed by atoms with van der Waals surface area (Å²) in [7, 11) is 1.76.